The molecule has 1 saturated heterocycles. The van der Waals surface area contributed by atoms with E-state index in [1.54, 1.807) is 54.3 Å². The number of para-hydroxylation sites is 2. The Morgan fingerprint density at radius 3 is 2.64 bits per heavy atom. The molecule has 2 aliphatic rings. The molecular weight excluding hydrogens is 360 g/mol. The highest BCUT2D eigenvalue weighted by Crippen LogP contribution is 2.33. The minimum Gasteiger partial charge on any atom is -0.479 e. The number of fused-ring (bicyclic) bond motifs is 1. The molecule has 2 heterocycles. The number of nitrogens with one attached hydrogen (secondary N) is 2. The third-order valence-electron chi connectivity index (χ3n) is 4.69. The molecule has 0 radical (unpaired) electrons. The first-order chi connectivity index (χ1) is 13.5. The minimum absolute atomic E-state index is 0.111. The van der Waals surface area contributed by atoms with Gasteiger partial charge in [-0.3, -0.25) is 19.4 Å². The van der Waals surface area contributed by atoms with E-state index in [1.807, 2.05) is 6.07 Å². The molecule has 144 valence electrons. The summed E-state index contributed by atoms with van der Waals surface area (Å²) < 4.78 is 5.58. The van der Waals surface area contributed by atoms with Gasteiger partial charge in [-0.1, -0.05) is 12.1 Å². The molecule has 28 heavy (non-hydrogen) atoms. The number of carbonyl (C=O) groups is 3. The van der Waals surface area contributed by atoms with Gasteiger partial charge in [0.25, 0.3) is 5.91 Å². The van der Waals surface area contributed by atoms with Gasteiger partial charge in [-0.05, 0) is 43.3 Å². The SMILES string of the molecule is CC1Oc2ccccc2N(CC(=O)Nc2ccc(N3CCNC3=O)cc2)C1=O. The number of anilines is 3. The molecule has 8 nitrogen and oxygen atoms in total. The number of ether oxygens (including phenoxy) is 1. The number of amides is 4. The summed E-state index contributed by atoms with van der Waals surface area (Å²) in [5.74, 6) is 0.00352. The highest BCUT2D eigenvalue weighted by atomic mass is 16.5. The van der Waals surface area contributed by atoms with Crippen molar-refractivity contribution in [1.82, 2.24) is 5.32 Å². The van der Waals surface area contributed by atoms with Crippen molar-refractivity contribution in [3.05, 3.63) is 48.5 Å². The molecule has 4 rings (SSSR count). The van der Waals surface area contributed by atoms with Crippen LogP contribution >= 0.6 is 0 Å². The van der Waals surface area contributed by atoms with E-state index in [2.05, 4.69) is 10.6 Å². The standard InChI is InChI=1S/C20H20N4O4/c1-13-19(26)24(16-4-2-3-5-17(16)28-13)12-18(25)22-14-6-8-15(9-7-14)23-11-10-21-20(23)27/h2-9,13H,10-12H2,1H3,(H,21,27)(H,22,25). The molecule has 0 bridgehead atoms. The number of nitrogens with zero attached hydrogens (tertiary/aromatic N) is 2. The molecule has 2 N–H and O–H groups in total. The Morgan fingerprint density at radius 2 is 1.93 bits per heavy atom. The minimum atomic E-state index is -0.645. The van der Waals surface area contributed by atoms with E-state index >= 15 is 0 Å². The van der Waals surface area contributed by atoms with Crippen molar-refractivity contribution in [3.63, 3.8) is 0 Å². The van der Waals surface area contributed by atoms with E-state index in [9.17, 15) is 14.4 Å². The van der Waals surface area contributed by atoms with Crippen LogP contribution in [0.25, 0.3) is 0 Å². The van der Waals surface area contributed by atoms with Crippen molar-refractivity contribution in [1.29, 1.82) is 0 Å². The average molecular weight is 380 g/mol. The summed E-state index contributed by atoms with van der Waals surface area (Å²) in [6, 6.07) is 14.0. The molecule has 2 aromatic carbocycles. The van der Waals surface area contributed by atoms with Crippen LogP contribution in [0.3, 0.4) is 0 Å². The second kappa shape index (κ2) is 7.22. The van der Waals surface area contributed by atoms with Crippen molar-refractivity contribution in [2.24, 2.45) is 0 Å². The molecule has 0 aromatic heterocycles. The first-order valence-corrected chi connectivity index (χ1v) is 9.05. The molecule has 0 spiro atoms. The molecule has 2 aromatic rings. The summed E-state index contributed by atoms with van der Waals surface area (Å²) in [6.45, 7) is 2.78. The van der Waals surface area contributed by atoms with Crippen LogP contribution in [0, 0.1) is 0 Å². The van der Waals surface area contributed by atoms with Gasteiger partial charge in [-0.15, -0.1) is 0 Å². The van der Waals surface area contributed by atoms with Crippen LogP contribution < -0.4 is 25.2 Å². The van der Waals surface area contributed by atoms with Crippen LogP contribution in [-0.4, -0.2) is 43.6 Å². The lowest BCUT2D eigenvalue weighted by molar-refractivity contribution is -0.127. The van der Waals surface area contributed by atoms with Gasteiger partial charge in [0.05, 0.1) is 5.69 Å². The first-order valence-electron chi connectivity index (χ1n) is 9.05. The highest BCUT2D eigenvalue weighted by molar-refractivity contribution is 6.06. The van der Waals surface area contributed by atoms with E-state index in [0.717, 1.165) is 5.69 Å². The van der Waals surface area contributed by atoms with Gasteiger partial charge < -0.3 is 15.4 Å². The number of urea groups is 1. The van der Waals surface area contributed by atoms with Crippen molar-refractivity contribution in [2.45, 2.75) is 13.0 Å². The maximum Gasteiger partial charge on any atom is 0.321 e. The van der Waals surface area contributed by atoms with Gasteiger partial charge in [0.1, 0.15) is 12.3 Å². The zero-order valence-electron chi connectivity index (χ0n) is 15.3. The predicted molar refractivity (Wildman–Crippen MR) is 105 cm³/mol. The fraction of sp³-hybridized carbons (Fsp3) is 0.250. The number of carbonyl (C=O) groups excluding carboxylic acids is 3. The number of rotatable bonds is 4. The monoisotopic (exact) mass is 380 g/mol. The molecule has 4 amide bonds. The molecule has 1 atom stereocenters. The lowest BCUT2D eigenvalue weighted by atomic mass is 10.2. The summed E-state index contributed by atoms with van der Waals surface area (Å²) in [6.07, 6.45) is -0.645. The second-order valence-electron chi connectivity index (χ2n) is 6.63. The Hall–Kier alpha value is -3.55. The third-order valence-corrected chi connectivity index (χ3v) is 4.69. The van der Waals surface area contributed by atoms with Gasteiger partial charge in [-0.25, -0.2) is 4.79 Å². The topological polar surface area (TPSA) is 91.0 Å². The molecule has 1 unspecified atom stereocenters. The van der Waals surface area contributed by atoms with Crippen LogP contribution in [0.2, 0.25) is 0 Å². The highest BCUT2D eigenvalue weighted by Gasteiger charge is 2.32. The summed E-state index contributed by atoms with van der Waals surface area (Å²) >= 11 is 0. The second-order valence-corrected chi connectivity index (χ2v) is 6.63. The van der Waals surface area contributed by atoms with Crippen molar-refractivity contribution in [2.75, 3.05) is 34.8 Å². The molecule has 1 fully saturated rings. The van der Waals surface area contributed by atoms with E-state index < -0.39 is 6.10 Å². The smallest absolute Gasteiger partial charge is 0.321 e. The van der Waals surface area contributed by atoms with Crippen molar-refractivity contribution < 1.29 is 19.1 Å². The summed E-state index contributed by atoms with van der Waals surface area (Å²) in [5.41, 5.74) is 1.94. The normalized spacial score (nSPS) is 18.4. The zero-order chi connectivity index (χ0) is 19.7. The quantitative estimate of drug-likeness (QED) is 0.848. The molecule has 2 aliphatic heterocycles. The fourth-order valence-corrected chi connectivity index (χ4v) is 3.31. The van der Waals surface area contributed by atoms with Crippen molar-refractivity contribution >= 4 is 34.9 Å². The van der Waals surface area contributed by atoms with Crippen LogP contribution in [0.5, 0.6) is 5.75 Å². The van der Waals surface area contributed by atoms with Gasteiger partial charge in [0.15, 0.2) is 6.10 Å². The van der Waals surface area contributed by atoms with E-state index in [4.69, 9.17) is 4.74 Å². The van der Waals surface area contributed by atoms with Gasteiger partial charge in [-0.2, -0.15) is 0 Å². The summed E-state index contributed by atoms with van der Waals surface area (Å²) in [5, 5.41) is 5.54. The average Bonchev–Trinajstić information content (AvgIpc) is 3.12. The largest absolute Gasteiger partial charge is 0.479 e. The number of benzene rings is 2. The van der Waals surface area contributed by atoms with Gasteiger partial charge in [0, 0.05) is 24.5 Å². The van der Waals surface area contributed by atoms with Gasteiger partial charge in [0.2, 0.25) is 5.91 Å². The van der Waals surface area contributed by atoms with Crippen LogP contribution in [0.1, 0.15) is 6.92 Å². The Bertz CT molecular complexity index is 928. The van der Waals surface area contributed by atoms with Crippen LogP contribution in [0.4, 0.5) is 21.9 Å². The summed E-state index contributed by atoms with van der Waals surface area (Å²) in [4.78, 5) is 39.8. The van der Waals surface area contributed by atoms with E-state index in [0.29, 0.717) is 30.2 Å². The molecule has 0 aliphatic carbocycles. The Morgan fingerprint density at radius 1 is 1.18 bits per heavy atom. The maximum atomic E-state index is 12.5. The van der Waals surface area contributed by atoms with Crippen LogP contribution in [0.15, 0.2) is 48.5 Å². The Labute approximate surface area is 162 Å². The van der Waals surface area contributed by atoms with Gasteiger partial charge >= 0.3 is 6.03 Å². The lowest BCUT2D eigenvalue weighted by Crippen LogP contribution is -2.47. The first kappa shape index (κ1) is 17.8. The Balaban J connectivity index is 1.44. The zero-order valence-corrected chi connectivity index (χ0v) is 15.3. The van der Waals surface area contributed by atoms with Crippen LogP contribution in [-0.2, 0) is 9.59 Å². The van der Waals surface area contributed by atoms with Crippen molar-refractivity contribution in [3.8, 4) is 5.75 Å². The molecule has 8 heteroatoms. The summed E-state index contributed by atoms with van der Waals surface area (Å²) in [7, 11) is 0. The third kappa shape index (κ3) is 3.36. The Kier molecular flexibility index (Phi) is 4.60. The molecule has 0 saturated carbocycles. The fourth-order valence-electron chi connectivity index (χ4n) is 3.31. The number of hydrogen-bond donors (Lipinski definition) is 2. The molecular formula is C20H20N4O4. The van der Waals surface area contributed by atoms with E-state index in [-0.39, 0.29) is 24.4 Å². The number of hydrogen-bond acceptors (Lipinski definition) is 4. The predicted octanol–water partition coefficient (Wildman–Crippen LogP) is 1.97. The lowest BCUT2D eigenvalue weighted by Gasteiger charge is -2.32. The van der Waals surface area contributed by atoms with E-state index in [1.165, 1.54) is 4.90 Å². The maximum absolute atomic E-state index is 12.5.